The second-order valence-electron chi connectivity index (χ2n) is 4.72. The molecule has 0 unspecified atom stereocenters. The Morgan fingerprint density at radius 2 is 1.71 bits per heavy atom. The van der Waals surface area contributed by atoms with E-state index < -0.39 is 11.2 Å². The molecule has 3 N–H and O–H groups in total. The highest BCUT2D eigenvalue weighted by Gasteiger charge is 2.20. The van der Waals surface area contributed by atoms with Crippen LogP contribution in [0.15, 0.2) is 27.4 Å². The number of hydrogen-bond acceptors (Lipinski definition) is 6. The van der Waals surface area contributed by atoms with Gasteiger partial charge in [0, 0.05) is 12.1 Å². The van der Waals surface area contributed by atoms with Gasteiger partial charge in [0.15, 0.2) is 11.5 Å². The van der Waals surface area contributed by atoms with Gasteiger partial charge in [0.2, 0.25) is 11.2 Å². The van der Waals surface area contributed by atoms with Crippen LogP contribution in [0.5, 0.6) is 23.0 Å². The lowest BCUT2D eigenvalue weighted by atomic mass is 10.1. The van der Waals surface area contributed by atoms with E-state index in [0.717, 1.165) is 0 Å². The lowest BCUT2D eigenvalue weighted by Gasteiger charge is -2.10. The third-order valence-corrected chi connectivity index (χ3v) is 3.36. The fourth-order valence-electron chi connectivity index (χ4n) is 2.47. The van der Waals surface area contributed by atoms with Crippen molar-refractivity contribution in [1.82, 2.24) is 0 Å². The minimum Gasteiger partial charge on any atom is -0.508 e. The van der Waals surface area contributed by atoms with E-state index in [1.54, 1.807) is 6.92 Å². The number of phenolic OH excluding ortho intramolecular Hbond substituents is 3. The zero-order chi connectivity index (χ0) is 15.3. The van der Waals surface area contributed by atoms with Crippen LogP contribution in [0.1, 0.15) is 5.56 Å². The normalized spacial score (nSPS) is 11.1. The maximum absolute atomic E-state index is 12.6. The van der Waals surface area contributed by atoms with Crippen LogP contribution in [-0.2, 0) is 0 Å². The molecule has 0 aliphatic heterocycles. The lowest BCUT2D eigenvalue weighted by molar-refractivity contribution is 0.346. The number of fused-ring (bicyclic) bond motifs is 2. The molecule has 3 aromatic rings. The second kappa shape index (κ2) is 4.31. The second-order valence-corrected chi connectivity index (χ2v) is 4.72. The topological polar surface area (TPSA) is 100 Å². The molecule has 6 nitrogen and oxygen atoms in total. The maximum Gasteiger partial charge on any atom is 0.204 e. The van der Waals surface area contributed by atoms with E-state index in [2.05, 4.69) is 0 Å². The molecule has 0 amide bonds. The molecule has 108 valence electrons. The summed E-state index contributed by atoms with van der Waals surface area (Å²) >= 11 is 0. The van der Waals surface area contributed by atoms with Crippen LogP contribution in [0.2, 0.25) is 0 Å². The van der Waals surface area contributed by atoms with Crippen LogP contribution < -0.4 is 10.2 Å². The molecule has 3 rings (SSSR count). The van der Waals surface area contributed by atoms with E-state index in [1.807, 2.05) is 0 Å². The molecular formula is C15H12O6. The summed E-state index contributed by atoms with van der Waals surface area (Å²) in [5.41, 5.74) is 0.244. The summed E-state index contributed by atoms with van der Waals surface area (Å²) in [6, 6.07) is 3.93. The van der Waals surface area contributed by atoms with Crippen LogP contribution in [-0.4, -0.2) is 22.4 Å². The van der Waals surface area contributed by atoms with Crippen molar-refractivity contribution < 1.29 is 24.5 Å². The summed E-state index contributed by atoms with van der Waals surface area (Å²) in [6.45, 7) is 1.65. The Hall–Kier alpha value is -2.89. The van der Waals surface area contributed by atoms with Gasteiger partial charge < -0.3 is 24.5 Å². The minimum atomic E-state index is -0.476. The number of phenols is 3. The zero-order valence-corrected chi connectivity index (χ0v) is 11.3. The number of aromatic hydroxyl groups is 3. The quantitative estimate of drug-likeness (QED) is 0.594. The monoisotopic (exact) mass is 288 g/mol. The molecule has 0 atom stereocenters. The van der Waals surface area contributed by atoms with Crippen LogP contribution in [0.4, 0.5) is 0 Å². The Morgan fingerprint density at radius 1 is 1.05 bits per heavy atom. The van der Waals surface area contributed by atoms with Crippen molar-refractivity contribution in [2.45, 2.75) is 6.92 Å². The number of ether oxygens (including phenoxy) is 1. The molecule has 0 aliphatic rings. The fourth-order valence-corrected chi connectivity index (χ4v) is 2.47. The number of rotatable bonds is 1. The summed E-state index contributed by atoms with van der Waals surface area (Å²) in [5.74, 6) is -1.05. The molecule has 1 aromatic heterocycles. The minimum absolute atomic E-state index is 0.00769. The third-order valence-electron chi connectivity index (χ3n) is 3.36. The summed E-state index contributed by atoms with van der Waals surface area (Å²) in [7, 11) is 1.27. The first-order valence-electron chi connectivity index (χ1n) is 6.13. The van der Waals surface area contributed by atoms with Gasteiger partial charge in [-0.15, -0.1) is 0 Å². The predicted octanol–water partition coefficient (Wildman–Crippen LogP) is 2.38. The standard InChI is InChI=1S/C15H12O6/c1-6-3-7(16)4-9-11(6)13(18)12-10(21-9)5-8(17)15(20-2)14(12)19/h3-5,16-17,19H,1-2H3. The van der Waals surface area contributed by atoms with Gasteiger partial charge in [-0.3, -0.25) is 4.79 Å². The van der Waals surface area contributed by atoms with Crippen LogP contribution in [0, 0.1) is 6.92 Å². The van der Waals surface area contributed by atoms with Gasteiger partial charge in [0.05, 0.1) is 12.5 Å². The number of aryl methyl sites for hydroxylation is 1. The average molecular weight is 288 g/mol. The zero-order valence-electron chi connectivity index (χ0n) is 11.3. The molecule has 0 radical (unpaired) electrons. The third kappa shape index (κ3) is 1.76. The summed E-state index contributed by atoms with van der Waals surface area (Å²) in [5, 5.41) is 29.6. The molecule has 0 aliphatic carbocycles. The molecule has 0 saturated heterocycles. The van der Waals surface area contributed by atoms with Crippen LogP contribution in [0.3, 0.4) is 0 Å². The Balaban J connectivity index is 2.61. The Kier molecular flexibility index (Phi) is 2.69. The summed E-state index contributed by atoms with van der Waals surface area (Å²) < 4.78 is 10.4. The molecule has 0 spiro atoms. The highest BCUT2D eigenvalue weighted by atomic mass is 16.5. The van der Waals surface area contributed by atoms with E-state index in [9.17, 15) is 20.1 Å². The van der Waals surface area contributed by atoms with Gasteiger partial charge in [0.1, 0.15) is 22.3 Å². The molecule has 1 heterocycles. The highest BCUT2D eigenvalue weighted by Crippen LogP contribution is 2.41. The van der Waals surface area contributed by atoms with E-state index in [4.69, 9.17) is 9.15 Å². The first-order valence-corrected chi connectivity index (χ1v) is 6.13. The van der Waals surface area contributed by atoms with Gasteiger partial charge >= 0.3 is 0 Å². The van der Waals surface area contributed by atoms with Crippen molar-refractivity contribution in [1.29, 1.82) is 0 Å². The van der Waals surface area contributed by atoms with E-state index in [-0.39, 0.29) is 39.2 Å². The van der Waals surface area contributed by atoms with E-state index >= 15 is 0 Å². The smallest absolute Gasteiger partial charge is 0.204 e. The number of hydrogen-bond donors (Lipinski definition) is 3. The van der Waals surface area contributed by atoms with E-state index in [1.165, 1.54) is 25.3 Å². The maximum atomic E-state index is 12.6. The SMILES string of the molecule is COc1c(O)cc2oc3cc(O)cc(C)c3c(=O)c2c1O. The molecule has 0 bridgehead atoms. The Morgan fingerprint density at radius 3 is 2.38 bits per heavy atom. The van der Waals surface area contributed by atoms with Crippen LogP contribution in [0.25, 0.3) is 21.9 Å². The van der Waals surface area contributed by atoms with Gasteiger partial charge in [-0.1, -0.05) is 0 Å². The molecule has 0 fully saturated rings. The van der Waals surface area contributed by atoms with Crippen molar-refractivity contribution in [2.24, 2.45) is 0 Å². The molecule has 0 saturated carbocycles. The Bertz CT molecular complexity index is 939. The van der Waals surface area contributed by atoms with Crippen molar-refractivity contribution in [3.8, 4) is 23.0 Å². The van der Waals surface area contributed by atoms with Crippen molar-refractivity contribution in [2.75, 3.05) is 7.11 Å². The first kappa shape index (κ1) is 13.1. The van der Waals surface area contributed by atoms with Gasteiger partial charge in [-0.25, -0.2) is 0 Å². The lowest BCUT2D eigenvalue weighted by Crippen LogP contribution is -2.05. The summed E-state index contributed by atoms with van der Waals surface area (Å²) in [6.07, 6.45) is 0. The van der Waals surface area contributed by atoms with E-state index in [0.29, 0.717) is 5.56 Å². The summed E-state index contributed by atoms with van der Waals surface area (Å²) in [4.78, 5) is 12.6. The predicted molar refractivity (Wildman–Crippen MR) is 76.3 cm³/mol. The average Bonchev–Trinajstić information content (AvgIpc) is 2.37. The number of benzene rings is 2. The fraction of sp³-hybridized carbons (Fsp3) is 0.133. The molecule has 6 heteroatoms. The molecule has 21 heavy (non-hydrogen) atoms. The van der Waals surface area contributed by atoms with Crippen molar-refractivity contribution >= 4 is 21.9 Å². The Labute approximate surface area is 118 Å². The van der Waals surface area contributed by atoms with Gasteiger partial charge in [-0.2, -0.15) is 0 Å². The van der Waals surface area contributed by atoms with Gasteiger partial charge in [-0.05, 0) is 18.6 Å². The van der Waals surface area contributed by atoms with Gasteiger partial charge in [0.25, 0.3) is 0 Å². The molecule has 2 aromatic carbocycles. The number of methoxy groups -OCH3 is 1. The van der Waals surface area contributed by atoms with Crippen LogP contribution >= 0.6 is 0 Å². The molecular weight excluding hydrogens is 276 g/mol. The highest BCUT2D eigenvalue weighted by molar-refractivity contribution is 5.97. The van der Waals surface area contributed by atoms with Crippen molar-refractivity contribution in [3.63, 3.8) is 0 Å². The largest absolute Gasteiger partial charge is 0.508 e. The van der Waals surface area contributed by atoms with Crippen molar-refractivity contribution in [3.05, 3.63) is 34.0 Å². The first-order chi connectivity index (χ1) is 9.93.